The van der Waals surface area contributed by atoms with Crippen LogP contribution in [0.15, 0.2) is 30.9 Å². The summed E-state index contributed by atoms with van der Waals surface area (Å²) in [5.74, 6) is 0. The van der Waals surface area contributed by atoms with Gasteiger partial charge in [0.05, 0.1) is 6.20 Å². The van der Waals surface area contributed by atoms with Crippen molar-refractivity contribution in [3.63, 3.8) is 0 Å². The van der Waals surface area contributed by atoms with Gasteiger partial charge in [0, 0.05) is 45.7 Å². The first-order valence-electron chi connectivity index (χ1n) is 5.45. The molecule has 19 heavy (non-hydrogen) atoms. The molecule has 0 spiro atoms. The Morgan fingerprint density at radius 3 is 2.74 bits per heavy atom. The van der Waals surface area contributed by atoms with Crippen molar-refractivity contribution in [2.24, 2.45) is 7.05 Å². The predicted molar refractivity (Wildman–Crippen MR) is 78.1 cm³/mol. The van der Waals surface area contributed by atoms with Crippen molar-refractivity contribution < 1.29 is 9.90 Å². The van der Waals surface area contributed by atoms with Crippen molar-refractivity contribution in [2.45, 2.75) is 0 Å². The van der Waals surface area contributed by atoms with E-state index in [0.29, 0.717) is 5.65 Å². The number of fused-ring (bicyclic) bond motifs is 1. The van der Waals surface area contributed by atoms with Crippen molar-refractivity contribution in [1.82, 2.24) is 19.3 Å². The number of nitrogens with zero attached hydrogens (tertiary/aromatic N) is 4. The van der Waals surface area contributed by atoms with Crippen LogP contribution in [0.4, 0.5) is 4.79 Å². The Kier molecular flexibility index (Phi) is 2.77. The molecule has 0 amide bonds. The largest absolute Gasteiger partial charge is 0.464 e. The van der Waals surface area contributed by atoms with Gasteiger partial charge in [0.2, 0.25) is 0 Å². The van der Waals surface area contributed by atoms with Crippen LogP contribution >= 0.6 is 22.6 Å². The highest BCUT2D eigenvalue weighted by atomic mass is 127. The van der Waals surface area contributed by atoms with Gasteiger partial charge in [0.15, 0.2) is 5.65 Å². The van der Waals surface area contributed by atoms with Crippen molar-refractivity contribution in [2.75, 3.05) is 0 Å². The van der Waals surface area contributed by atoms with E-state index < -0.39 is 6.09 Å². The summed E-state index contributed by atoms with van der Waals surface area (Å²) < 4.78 is 3.70. The normalized spacial score (nSPS) is 11.1. The number of aromatic nitrogens is 4. The summed E-state index contributed by atoms with van der Waals surface area (Å²) in [4.78, 5) is 15.3. The lowest BCUT2D eigenvalue weighted by Gasteiger charge is -1.99. The van der Waals surface area contributed by atoms with Crippen LogP contribution in [-0.2, 0) is 7.05 Å². The zero-order valence-corrected chi connectivity index (χ0v) is 12.1. The molecule has 0 fully saturated rings. The van der Waals surface area contributed by atoms with E-state index in [9.17, 15) is 4.79 Å². The highest BCUT2D eigenvalue weighted by Crippen LogP contribution is 2.26. The molecule has 3 heterocycles. The summed E-state index contributed by atoms with van der Waals surface area (Å²) in [6.45, 7) is 0. The fourth-order valence-corrected chi connectivity index (χ4v) is 2.62. The molecule has 1 N–H and O–H groups in total. The number of carbonyl (C=O) groups is 1. The van der Waals surface area contributed by atoms with Crippen LogP contribution in [0.1, 0.15) is 0 Å². The third-order valence-electron chi connectivity index (χ3n) is 2.84. The lowest BCUT2D eigenvalue weighted by Crippen LogP contribution is -2.06. The first-order chi connectivity index (χ1) is 9.06. The lowest BCUT2D eigenvalue weighted by atomic mass is 10.1. The van der Waals surface area contributed by atoms with Gasteiger partial charge in [-0.1, -0.05) is 0 Å². The summed E-state index contributed by atoms with van der Waals surface area (Å²) >= 11 is 2.11. The molecular formula is C12H9IN4O2. The molecule has 0 aliphatic heterocycles. The first kappa shape index (κ1) is 12.2. The number of hydrogen-bond acceptors (Lipinski definition) is 3. The topological polar surface area (TPSA) is 72.9 Å². The molecule has 3 rings (SSSR count). The van der Waals surface area contributed by atoms with E-state index in [2.05, 4.69) is 32.7 Å². The van der Waals surface area contributed by atoms with Gasteiger partial charge >= 0.3 is 6.09 Å². The van der Waals surface area contributed by atoms with Gasteiger partial charge in [-0.2, -0.15) is 5.10 Å². The van der Waals surface area contributed by atoms with Gasteiger partial charge in [-0.3, -0.25) is 4.68 Å². The van der Waals surface area contributed by atoms with Crippen LogP contribution in [0.5, 0.6) is 0 Å². The minimum atomic E-state index is -1.03. The van der Waals surface area contributed by atoms with Crippen molar-refractivity contribution in [1.29, 1.82) is 0 Å². The predicted octanol–water partition coefficient (Wildman–Crippen LogP) is 2.57. The second-order valence-corrected chi connectivity index (χ2v) is 5.29. The first-order valence-corrected chi connectivity index (χ1v) is 6.53. The van der Waals surface area contributed by atoms with Gasteiger partial charge in [-0.05, 0) is 28.7 Å². The second-order valence-electron chi connectivity index (χ2n) is 4.13. The number of halogens is 1. The van der Waals surface area contributed by atoms with Crippen LogP contribution in [0, 0.1) is 3.57 Å². The van der Waals surface area contributed by atoms with Gasteiger partial charge in [-0.15, -0.1) is 0 Å². The Balaban J connectivity index is 2.21. The van der Waals surface area contributed by atoms with Gasteiger partial charge in [0.25, 0.3) is 0 Å². The Labute approximate surface area is 121 Å². The minimum absolute atomic E-state index is 0.449. The standard InChI is InChI=1S/C12H9IN4O2/c1-16-5-8(4-15-16)7-2-9-10(13)6-17(12(18)19)11(9)14-3-7/h2-6H,1H3,(H,18,19). The Morgan fingerprint density at radius 2 is 2.11 bits per heavy atom. The highest BCUT2D eigenvalue weighted by Gasteiger charge is 2.13. The Bertz CT molecular complexity index is 790. The van der Waals surface area contributed by atoms with Crippen molar-refractivity contribution in [3.05, 3.63) is 34.4 Å². The van der Waals surface area contributed by atoms with E-state index >= 15 is 0 Å². The number of carboxylic acid groups (broad SMARTS) is 1. The summed E-state index contributed by atoms with van der Waals surface area (Å²) in [7, 11) is 1.85. The molecule has 0 saturated carbocycles. The van der Waals surface area contributed by atoms with Crippen molar-refractivity contribution in [3.8, 4) is 11.1 Å². The van der Waals surface area contributed by atoms with E-state index in [-0.39, 0.29) is 0 Å². The highest BCUT2D eigenvalue weighted by molar-refractivity contribution is 14.1. The molecule has 0 atom stereocenters. The Morgan fingerprint density at radius 1 is 1.32 bits per heavy atom. The van der Waals surface area contributed by atoms with Crippen LogP contribution in [0.3, 0.4) is 0 Å². The molecule has 3 aromatic rings. The second kappa shape index (κ2) is 4.34. The molecule has 3 aromatic heterocycles. The maximum atomic E-state index is 11.1. The lowest BCUT2D eigenvalue weighted by molar-refractivity contribution is 0.197. The molecule has 0 unspecified atom stereocenters. The van der Waals surface area contributed by atoms with E-state index in [1.165, 1.54) is 0 Å². The maximum Gasteiger partial charge on any atom is 0.417 e. The van der Waals surface area contributed by atoms with Crippen LogP contribution < -0.4 is 0 Å². The molecule has 0 saturated heterocycles. The van der Waals surface area contributed by atoms with Crippen molar-refractivity contribution >= 4 is 39.7 Å². The molecular weight excluding hydrogens is 359 g/mol. The summed E-state index contributed by atoms with van der Waals surface area (Å²) in [5.41, 5.74) is 2.32. The summed E-state index contributed by atoms with van der Waals surface area (Å²) in [5, 5.41) is 14.0. The SMILES string of the molecule is Cn1cc(-c2cnc3c(c2)c(I)cn3C(=O)O)cn1. The number of hydrogen-bond donors (Lipinski definition) is 1. The molecule has 6 nitrogen and oxygen atoms in total. The molecule has 0 aromatic carbocycles. The molecule has 7 heteroatoms. The monoisotopic (exact) mass is 368 g/mol. The zero-order chi connectivity index (χ0) is 13.6. The number of pyridine rings is 1. The molecule has 0 aliphatic carbocycles. The van der Waals surface area contributed by atoms with E-state index in [0.717, 1.165) is 24.7 Å². The molecule has 0 bridgehead atoms. The third-order valence-corrected chi connectivity index (χ3v) is 3.70. The Hall–Kier alpha value is -1.90. The maximum absolute atomic E-state index is 11.1. The average molecular weight is 368 g/mol. The summed E-state index contributed by atoms with van der Waals surface area (Å²) in [6, 6.07) is 1.93. The van der Waals surface area contributed by atoms with E-state index in [4.69, 9.17) is 5.11 Å². The number of rotatable bonds is 1. The van der Waals surface area contributed by atoms with Crippen LogP contribution in [0.2, 0.25) is 0 Å². The van der Waals surface area contributed by atoms with Gasteiger partial charge < -0.3 is 5.11 Å². The zero-order valence-electron chi connectivity index (χ0n) is 9.91. The summed E-state index contributed by atoms with van der Waals surface area (Å²) in [6.07, 6.45) is 5.84. The van der Waals surface area contributed by atoms with E-state index in [1.54, 1.807) is 23.3 Å². The molecule has 96 valence electrons. The fourth-order valence-electron chi connectivity index (χ4n) is 1.94. The molecule has 0 radical (unpaired) electrons. The average Bonchev–Trinajstić information content (AvgIpc) is 2.94. The quantitative estimate of drug-likeness (QED) is 0.671. The molecule has 0 aliphatic rings. The minimum Gasteiger partial charge on any atom is -0.464 e. The van der Waals surface area contributed by atoms with Crippen LogP contribution in [0.25, 0.3) is 22.2 Å². The fraction of sp³-hybridized carbons (Fsp3) is 0.0833. The van der Waals surface area contributed by atoms with Crippen LogP contribution in [-0.4, -0.2) is 30.5 Å². The van der Waals surface area contributed by atoms with E-state index in [1.807, 2.05) is 19.3 Å². The number of aryl methyl sites for hydroxylation is 1. The smallest absolute Gasteiger partial charge is 0.417 e. The van der Waals surface area contributed by atoms with Gasteiger partial charge in [-0.25, -0.2) is 14.3 Å². The third kappa shape index (κ3) is 1.99. The van der Waals surface area contributed by atoms with Gasteiger partial charge in [0.1, 0.15) is 0 Å².